The minimum atomic E-state index is -0.328. The van der Waals surface area contributed by atoms with Crippen LogP contribution in [0.15, 0.2) is 23.1 Å². The van der Waals surface area contributed by atoms with Gasteiger partial charge in [0, 0.05) is 21.7 Å². The van der Waals surface area contributed by atoms with Gasteiger partial charge in [-0.2, -0.15) is 0 Å². The van der Waals surface area contributed by atoms with E-state index in [-0.39, 0.29) is 11.4 Å². The molecule has 0 amide bonds. The van der Waals surface area contributed by atoms with Gasteiger partial charge in [-0.3, -0.25) is 0 Å². The number of aliphatic hydroxyl groups excluding tert-OH is 1. The van der Waals surface area contributed by atoms with E-state index in [1.807, 2.05) is 26.0 Å². The Labute approximate surface area is 119 Å². The Morgan fingerprint density at radius 1 is 1.39 bits per heavy atom. The molecule has 2 N–H and O–H groups in total. The zero-order chi connectivity index (χ0) is 13.5. The Bertz CT molecular complexity index is 371. The van der Waals surface area contributed by atoms with Crippen LogP contribution in [0.2, 0.25) is 5.02 Å². The molecule has 1 aromatic carbocycles. The van der Waals surface area contributed by atoms with Crippen molar-refractivity contribution in [2.24, 2.45) is 0 Å². The van der Waals surface area contributed by atoms with Crippen LogP contribution in [0, 0.1) is 0 Å². The second-order valence-corrected chi connectivity index (χ2v) is 6.28. The van der Waals surface area contributed by atoms with Crippen LogP contribution >= 0.6 is 23.4 Å². The van der Waals surface area contributed by atoms with Gasteiger partial charge in [0.1, 0.15) is 0 Å². The highest BCUT2D eigenvalue weighted by molar-refractivity contribution is 8.00. The first-order chi connectivity index (χ1) is 8.56. The molecule has 18 heavy (non-hydrogen) atoms. The number of aliphatic hydroxyl groups is 1. The molecule has 0 aliphatic heterocycles. The van der Waals surface area contributed by atoms with Gasteiger partial charge in [0.05, 0.1) is 6.10 Å². The van der Waals surface area contributed by atoms with Crippen LogP contribution in [0.4, 0.5) is 0 Å². The quantitative estimate of drug-likeness (QED) is 0.592. The second kappa shape index (κ2) is 8.05. The van der Waals surface area contributed by atoms with Gasteiger partial charge in [0.2, 0.25) is 0 Å². The highest BCUT2D eigenvalue weighted by Gasteiger charge is 2.14. The number of nitrogens with one attached hydrogen (secondary N) is 1. The van der Waals surface area contributed by atoms with Crippen LogP contribution in [0.5, 0.6) is 0 Å². The molecule has 0 fully saturated rings. The molecule has 0 radical (unpaired) electrons. The highest BCUT2D eigenvalue weighted by Crippen LogP contribution is 2.32. The lowest BCUT2D eigenvalue weighted by Gasteiger charge is -2.17. The molecule has 1 aromatic rings. The van der Waals surface area contributed by atoms with Crippen LogP contribution in [-0.2, 0) is 6.54 Å². The molecule has 1 rings (SSSR count). The van der Waals surface area contributed by atoms with Gasteiger partial charge >= 0.3 is 0 Å². The van der Waals surface area contributed by atoms with Gasteiger partial charge in [-0.15, -0.1) is 11.8 Å². The predicted molar refractivity (Wildman–Crippen MR) is 80.4 cm³/mol. The zero-order valence-electron chi connectivity index (χ0n) is 11.2. The highest BCUT2D eigenvalue weighted by atomic mass is 35.5. The number of rotatable bonds is 7. The lowest BCUT2D eigenvalue weighted by molar-refractivity contribution is 0.196. The topological polar surface area (TPSA) is 32.3 Å². The Hall–Kier alpha value is -0.220. The van der Waals surface area contributed by atoms with Crippen LogP contribution in [-0.4, -0.2) is 23.0 Å². The van der Waals surface area contributed by atoms with Crippen molar-refractivity contribution in [3.8, 4) is 0 Å². The third kappa shape index (κ3) is 4.81. The molecule has 0 bridgehead atoms. The van der Waals surface area contributed by atoms with Crippen LogP contribution < -0.4 is 5.32 Å². The Kier molecular flexibility index (Phi) is 7.08. The van der Waals surface area contributed by atoms with Crippen molar-refractivity contribution in [1.82, 2.24) is 5.32 Å². The van der Waals surface area contributed by atoms with Gasteiger partial charge in [-0.25, -0.2) is 0 Å². The van der Waals surface area contributed by atoms with Crippen molar-refractivity contribution in [2.45, 2.75) is 50.0 Å². The number of benzene rings is 1. The maximum atomic E-state index is 9.59. The number of thioether (sulfide) groups is 1. The maximum Gasteiger partial charge on any atom is 0.0631 e. The fourth-order valence-electron chi connectivity index (χ4n) is 1.51. The average Bonchev–Trinajstić information content (AvgIpc) is 2.32. The SMILES string of the molecule is CCCNCc1c(Cl)cccc1SC(C)C(C)O. The van der Waals surface area contributed by atoms with E-state index in [0.717, 1.165) is 35.0 Å². The molecule has 102 valence electrons. The summed E-state index contributed by atoms with van der Waals surface area (Å²) in [7, 11) is 0. The Balaban J connectivity index is 2.79. The first-order valence-electron chi connectivity index (χ1n) is 6.39. The largest absolute Gasteiger partial charge is 0.392 e. The van der Waals surface area contributed by atoms with Gasteiger partial charge < -0.3 is 10.4 Å². The zero-order valence-corrected chi connectivity index (χ0v) is 12.8. The van der Waals surface area contributed by atoms with Crippen molar-refractivity contribution in [1.29, 1.82) is 0 Å². The third-order valence-corrected chi connectivity index (χ3v) is 4.55. The summed E-state index contributed by atoms with van der Waals surface area (Å²) in [6.45, 7) is 7.76. The summed E-state index contributed by atoms with van der Waals surface area (Å²) in [4.78, 5) is 1.15. The fraction of sp³-hybridized carbons (Fsp3) is 0.571. The van der Waals surface area contributed by atoms with Crippen molar-refractivity contribution >= 4 is 23.4 Å². The van der Waals surface area contributed by atoms with Crippen molar-refractivity contribution in [3.63, 3.8) is 0 Å². The summed E-state index contributed by atoms with van der Waals surface area (Å²) < 4.78 is 0. The lowest BCUT2D eigenvalue weighted by Crippen LogP contribution is -2.17. The standard InChI is InChI=1S/C14H22ClNOS/c1-4-8-16-9-12-13(15)6-5-7-14(12)18-11(3)10(2)17/h5-7,10-11,16-17H,4,8-9H2,1-3H3. The molecule has 2 nitrogen and oxygen atoms in total. The monoisotopic (exact) mass is 287 g/mol. The van der Waals surface area contributed by atoms with Crippen molar-refractivity contribution in [3.05, 3.63) is 28.8 Å². The number of hydrogen-bond acceptors (Lipinski definition) is 3. The first kappa shape index (κ1) is 15.8. The van der Waals surface area contributed by atoms with Crippen LogP contribution in [0.1, 0.15) is 32.8 Å². The lowest BCUT2D eigenvalue weighted by atomic mass is 10.2. The molecule has 0 saturated heterocycles. The summed E-state index contributed by atoms with van der Waals surface area (Å²) >= 11 is 7.93. The second-order valence-electron chi connectivity index (χ2n) is 4.46. The van der Waals surface area contributed by atoms with Crippen molar-refractivity contribution in [2.75, 3.05) is 6.54 Å². The number of hydrogen-bond donors (Lipinski definition) is 2. The summed E-state index contributed by atoms with van der Waals surface area (Å²) in [6.07, 6.45) is 0.780. The molecule has 4 heteroatoms. The van der Waals surface area contributed by atoms with Crippen molar-refractivity contribution < 1.29 is 5.11 Å². The number of halogens is 1. The predicted octanol–water partition coefficient (Wildman–Crippen LogP) is 3.70. The maximum absolute atomic E-state index is 9.59. The van der Waals surface area contributed by atoms with E-state index in [0.29, 0.717) is 0 Å². The van der Waals surface area contributed by atoms with E-state index in [4.69, 9.17) is 11.6 Å². The smallest absolute Gasteiger partial charge is 0.0631 e. The Morgan fingerprint density at radius 2 is 2.11 bits per heavy atom. The summed E-state index contributed by atoms with van der Waals surface area (Å²) in [5, 5.41) is 13.9. The summed E-state index contributed by atoms with van der Waals surface area (Å²) in [5.41, 5.74) is 1.13. The molecule has 0 heterocycles. The van der Waals surface area contributed by atoms with E-state index in [1.165, 1.54) is 0 Å². The first-order valence-corrected chi connectivity index (χ1v) is 7.64. The fourth-order valence-corrected chi connectivity index (χ4v) is 2.89. The molecule has 0 saturated carbocycles. The van der Waals surface area contributed by atoms with E-state index in [9.17, 15) is 5.11 Å². The minimum Gasteiger partial charge on any atom is -0.392 e. The minimum absolute atomic E-state index is 0.161. The van der Waals surface area contributed by atoms with Gasteiger partial charge in [0.15, 0.2) is 0 Å². The van der Waals surface area contributed by atoms with Crippen LogP contribution in [0.3, 0.4) is 0 Å². The average molecular weight is 288 g/mol. The van der Waals surface area contributed by atoms with Gasteiger partial charge in [0.25, 0.3) is 0 Å². The van der Waals surface area contributed by atoms with E-state index >= 15 is 0 Å². The van der Waals surface area contributed by atoms with E-state index in [2.05, 4.69) is 18.3 Å². The summed E-state index contributed by atoms with van der Waals surface area (Å²) in [6, 6.07) is 5.95. The third-order valence-electron chi connectivity index (χ3n) is 2.80. The van der Waals surface area contributed by atoms with Gasteiger partial charge in [-0.1, -0.05) is 31.5 Å². The molecular formula is C14H22ClNOS. The molecule has 0 aliphatic carbocycles. The molecule has 0 spiro atoms. The van der Waals surface area contributed by atoms with Crippen LogP contribution in [0.25, 0.3) is 0 Å². The molecule has 2 unspecified atom stereocenters. The molecule has 2 atom stereocenters. The molecule has 0 aromatic heterocycles. The van der Waals surface area contributed by atoms with Gasteiger partial charge in [-0.05, 0) is 37.6 Å². The molecular weight excluding hydrogens is 266 g/mol. The normalized spacial score (nSPS) is 14.5. The molecule has 0 aliphatic rings. The van der Waals surface area contributed by atoms with E-state index < -0.39 is 0 Å². The summed E-state index contributed by atoms with van der Waals surface area (Å²) in [5.74, 6) is 0. The Morgan fingerprint density at radius 3 is 2.72 bits per heavy atom. The van der Waals surface area contributed by atoms with E-state index in [1.54, 1.807) is 11.8 Å².